The van der Waals surface area contributed by atoms with Crippen molar-refractivity contribution in [3.05, 3.63) is 41.8 Å². The normalized spacial score (nSPS) is 18.0. The van der Waals surface area contributed by atoms with Crippen molar-refractivity contribution in [2.75, 3.05) is 19.6 Å². The SMILES string of the molecule is CC(=O)N(Cc1noc(C)n1)C1CCN(CCc2ccncc2)C1. The van der Waals surface area contributed by atoms with Gasteiger partial charge in [-0.2, -0.15) is 4.98 Å². The van der Waals surface area contributed by atoms with E-state index in [9.17, 15) is 4.79 Å². The lowest BCUT2D eigenvalue weighted by Gasteiger charge is -2.27. The summed E-state index contributed by atoms with van der Waals surface area (Å²) in [5.74, 6) is 1.15. The summed E-state index contributed by atoms with van der Waals surface area (Å²) in [4.78, 5) is 24.6. The molecular weight excluding hydrogens is 306 g/mol. The fourth-order valence-electron chi connectivity index (χ4n) is 3.16. The highest BCUT2D eigenvalue weighted by Crippen LogP contribution is 2.18. The van der Waals surface area contributed by atoms with Crippen LogP contribution in [0.1, 0.15) is 30.6 Å². The Morgan fingerprint density at radius 3 is 2.88 bits per heavy atom. The van der Waals surface area contributed by atoms with Crippen LogP contribution in [0.4, 0.5) is 0 Å². The van der Waals surface area contributed by atoms with Crippen LogP contribution in [-0.4, -0.2) is 56.5 Å². The van der Waals surface area contributed by atoms with Crippen molar-refractivity contribution in [2.24, 2.45) is 0 Å². The number of pyridine rings is 1. The van der Waals surface area contributed by atoms with Gasteiger partial charge in [-0.1, -0.05) is 5.16 Å². The van der Waals surface area contributed by atoms with Crippen molar-refractivity contribution in [3.8, 4) is 0 Å². The lowest BCUT2D eigenvalue weighted by Crippen LogP contribution is -2.40. The first-order valence-corrected chi connectivity index (χ1v) is 8.29. The van der Waals surface area contributed by atoms with E-state index < -0.39 is 0 Å². The molecule has 128 valence electrons. The molecule has 1 aliphatic heterocycles. The molecule has 0 radical (unpaired) electrons. The van der Waals surface area contributed by atoms with E-state index in [0.717, 1.165) is 32.5 Å². The molecule has 0 bridgehead atoms. The molecule has 7 heteroatoms. The van der Waals surface area contributed by atoms with E-state index in [1.54, 1.807) is 13.8 Å². The number of nitrogens with zero attached hydrogens (tertiary/aromatic N) is 5. The Hall–Kier alpha value is -2.28. The quantitative estimate of drug-likeness (QED) is 0.798. The summed E-state index contributed by atoms with van der Waals surface area (Å²) in [5.41, 5.74) is 1.29. The monoisotopic (exact) mass is 329 g/mol. The van der Waals surface area contributed by atoms with E-state index in [-0.39, 0.29) is 11.9 Å². The molecule has 1 saturated heterocycles. The molecule has 2 aromatic rings. The Kier molecular flexibility index (Phi) is 5.20. The summed E-state index contributed by atoms with van der Waals surface area (Å²) >= 11 is 0. The minimum Gasteiger partial charge on any atom is -0.340 e. The van der Waals surface area contributed by atoms with Crippen molar-refractivity contribution < 1.29 is 9.32 Å². The second kappa shape index (κ2) is 7.53. The summed E-state index contributed by atoms with van der Waals surface area (Å²) < 4.78 is 5.00. The second-order valence-electron chi connectivity index (χ2n) is 6.23. The molecular formula is C17H23N5O2. The number of aromatic nitrogens is 3. The average molecular weight is 329 g/mol. The van der Waals surface area contributed by atoms with Crippen molar-refractivity contribution in [1.29, 1.82) is 0 Å². The lowest BCUT2D eigenvalue weighted by molar-refractivity contribution is -0.131. The highest BCUT2D eigenvalue weighted by atomic mass is 16.5. The molecule has 3 heterocycles. The second-order valence-corrected chi connectivity index (χ2v) is 6.23. The van der Waals surface area contributed by atoms with Gasteiger partial charge in [0.2, 0.25) is 11.8 Å². The molecule has 0 aliphatic carbocycles. The number of carbonyl (C=O) groups excluding carboxylic acids is 1. The molecule has 0 saturated carbocycles. The Labute approximate surface area is 141 Å². The molecule has 7 nitrogen and oxygen atoms in total. The predicted molar refractivity (Wildman–Crippen MR) is 88.0 cm³/mol. The van der Waals surface area contributed by atoms with Crippen LogP contribution >= 0.6 is 0 Å². The van der Waals surface area contributed by atoms with Crippen LogP contribution in [0.15, 0.2) is 29.0 Å². The van der Waals surface area contributed by atoms with Crippen LogP contribution in [-0.2, 0) is 17.8 Å². The average Bonchev–Trinajstić information content (AvgIpc) is 3.20. The van der Waals surface area contributed by atoms with Crippen LogP contribution in [0.25, 0.3) is 0 Å². The number of aryl methyl sites for hydroxylation is 1. The van der Waals surface area contributed by atoms with Gasteiger partial charge in [-0.3, -0.25) is 9.78 Å². The zero-order chi connectivity index (χ0) is 16.9. The molecule has 1 atom stereocenters. The van der Waals surface area contributed by atoms with E-state index in [0.29, 0.717) is 18.3 Å². The van der Waals surface area contributed by atoms with E-state index in [4.69, 9.17) is 4.52 Å². The number of amides is 1. The van der Waals surface area contributed by atoms with Gasteiger partial charge in [-0.15, -0.1) is 0 Å². The van der Waals surface area contributed by atoms with Crippen molar-refractivity contribution in [3.63, 3.8) is 0 Å². The first kappa shape index (κ1) is 16.6. The Balaban J connectivity index is 1.55. The van der Waals surface area contributed by atoms with Gasteiger partial charge < -0.3 is 14.3 Å². The fourth-order valence-corrected chi connectivity index (χ4v) is 3.16. The van der Waals surface area contributed by atoms with Gasteiger partial charge in [0, 0.05) is 51.9 Å². The molecule has 1 unspecified atom stereocenters. The predicted octanol–water partition coefficient (Wildman–Crippen LogP) is 1.44. The zero-order valence-corrected chi connectivity index (χ0v) is 14.2. The standard InChI is InChI=1S/C17H23N5O2/c1-13-19-17(20-24-13)12-22(14(2)23)16-6-10-21(11-16)9-5-15-3-7-18-8-4-15/h3-4,7-8,16H,5-6,9-12H2,1-2H3. The largest absolute Gasteiger partial charge is 0.340 e. The summed E-state index contributed by atoms with van der Waals surface area (Å²) in [7, 11) is 0. The summed E-state index contributed by atoms with van der Waals surface area (Å²) in [6.07, 6.45) is 5.63. The molecule has 24 heavy (non-hydrogen) atoms. The minimum atomic E-state index is 0.0541. The minimum absolute atomic E-state index is 0.0541. The van der Waals surface area contributed by atoms with Crippen molar-refractivity contribution >= 4 is 5.91 Å². The smallest absolute Gasteiger partial charge is 0.223 e. The highest BCUT2D eigenvalue weighted by Gasteiger charge is 2.29. The number of carbonyl (C=O) groups is 1. The summed E-state index contributed by atoms with van der Waals surface area (Å²) in [5, 5.41) is 3.90. The number of hydrogen-bond acceptors (Lipinski definition) is 6. The van der Waals surface area contributed by atoms with Crippen molar-refractivity contribution in [2.45, 2.75) is 39.3 Å². The first-order valence-electron chi connectivity index (χ1n) is 8.29. The van der Waals surface area contributed by atoms with Gasteiger partial charge in [-0.05, 0) is 30.5 Å². The molecule has 0 N–H and O–H groups in total. The fraction of sp³-hybridized carbons (Fsp3) is 0.529. The molecule has 3 rings (SSSR count). The third-order valence-corrected chi connectivity index (χ3v) is 4.44. The molecule has 2 aromatic heterocycles. The van der Waals surface area contributed by atoms with Crippen LogP contribution < -0.4 is 0 Å². The lowest BCUT2D eigenvalue weighted by atomic mass is 10.2. The van der Waals surface area contributed by atoms with Crippen LogP contribution in [0.5, 0.6) is 0 Å². The maximum atomic E-state index is 12.0. The molecule has 0 aromatic carbocycles. The van der Waals surface area contributed by atoms with Gasteiger partial charge in [0.05, 0.1) is 6.54 Å². The Morgan fingerprint density at radius 2 is 2.21 bits per heavy atom. The van der Waals surface area contributed by atoms with E-state index in [1.165, 1.54) is 5.56 Å². The van der Waals surface area contributed by atoms with E-state index in [2.05, 4.69) is 20.0 Å². The molecule has 0 spiro atoms. The molecule has 1 fully saturated rings. The van der Waals surface area contributed by atoms with E-state index in [1.807, 2.05) is 29.4 Å². The first-order chi connectivity index (χ1) is 11.6. The van der Waals surface area contributed by atoms with Gasteiger partial charge in [-0.25, -0.2) is 0 Å². The van der Waals surface area contributed by atoms with Gasteiger partial charge in [0.1, 0.15) is 0 Å². The maximum absolute atomic E-state index is 12.0. The van der Waals surface area contributed by atoms with Crippen LogP contribution in [0.2, 0.25) is 0 Å². The van der Waals surface area contributed by atoms with Gasteiger partial charge in [0.15, 0.2) is 5.82 Å². The molecule has 1 aliphatic rings. The summed E-state index contributed by atoms with van der Waals surface area (Å²) in [6, 6.07) is 4.31. The Morgan fingerprint density at radius 1 is 1.42 bits per heavy atom. The number of rotatable bonds is 6. The number of likely N-dealkylation sites (tertiary alicyclic amines) is 1. The zero-order valence-electron chi connectivity index (χ0n) is 14.2. The van der Waals surface area contributed by atoms with Crippen LogP contribution in [0.3, 0.4) is 0 Å². The number of hydrogen-bond donors (Lipinski definition) is 0. The summed E-state index contributed by atoms with van der Waals surface area (Å²) in [6.45, 7) is 6.66. The topological polar surface area (TPSA) is 75.4 Å². The third kappa shape index (κ3) is 4.17. The van der Waals surface area contributed by atoms with Crippen molar-refractivity contribution in [1.82, 2.24) is 24.9 Å². The molecule has 1 amide bonds. The van der Waals surface area contributed by atoms with E-state index >= 15 is 0 Å². The van der Waals surface area contributed by atoms with Gasteiger partial charge in [0.25, 0.3) is 0 Å². The third-order valence-electron chi connectivity index (χ3n) is 4.44. The van der Waals surface area contributed by atoms with Gasteiger partial charge >= 0.3 is 0 Å². The maximum Gasteiger partial charge on any atom is 0.223 e. The van der Waals surface area contributed by atoms with Crippen LogP contribution in [0, 0.1) is 6.92 Å². The highest BCUT2D eigenvalue weighted by molar-refractivity contribution is 5.73. The Bertz CT molecular complexity index is 673.